The fraction of sp³-hybridized carbons (Fsp3) is 0.200. The average Bonchev–Trinajstić information content (AvgIpc) is 2.03. The van der Waals surface area contributed by atoms with Crippen LogP contribution >= 0.6 is 0 Å². The Morgan fingerprint density at radius 1 is 1.08 bits per heavy atom. The summed E-state index contributed by atoms with van der Waals surface area (Å²) in [5, 5.41) is 0. The lowest BCUT2D eigenvalue weighted by molar-refractivity contribution is 0.824. The molecule has 0 aromatic heterocycles. The van der Waals surface area contributed by atoms with Gasteiger partial charge in [-0.3, -0.25) is 0 Å². The Labute approximate surface area is 75.7 Å². The van der Waals surface area contributed by atoms with Crippen molar-refractivity contribution in [1.29, 1.82) is 0 Å². The fourth-order valence-electron chi connectivity index (χ4n) is 0.868. The molecule has 0 spiro atoms. The van der Waals surface area contributed by atoms with Crippen molar-refractivity contribution in [2.24, 2.45) is 0 Å². The van der Waals surface area contributed by atoms with Gasteiger partial charge in [0.05, 0.1) is 8.80 Å². The van der Waals surface area contributed by atoms with Crippen LogP contribution in [0.15, 0.2) is 36.0 Å². The maximum atomic E-state index is 2.34. The van der Waals surface area contributed by atoms with Crippen LogP contribution in [0.2, 0.25) is 13.1 Å². The van der Waals surface area contributed by atoms with Crippen LogP contribution in [0.25, 0.3) is 6.08 Å². The van der Waals surface area contributed by atoms with Crippen molar-refractivity contribution in [2.45, 2.75) is 13.1 Å². The molecule has 0 aliphatic heterocycles. The summed E-state index contributed by atoms with van der Waals surface area (Å²) in [6, 6.07) is 10.5. The molecular formula is C10H16OSi. The van der Waals surface area contributed by atoms with Gasteiger partial charge < -0.3 is 5.48 Å². The molecular weight excluding hydrogens is 164 g/mol. The second kappa shape index (κ2) is 5.74. The zero-order valence-electron chi connectivity index (χ0n) is 7.62. The fourth-order valence-corrected chi connectivity index (χ4v) is 1.47. The second-order valence-corrected chi connectivity index (χ2v) is 5.89. The van der Waals surface area contributed by atoms with Crippen LogP contribution in [0, 0.1) is 0 Å². The quantitative estimate of drug-likeness (QED) is 0.623. The lowest BCUT2D eigenvalue weighted by Gasteiger charge is -1.92. The molecule has 1 aromatic rings. The van der Waals surface area contributed by atoms with Gasteiger partial charge >= 0.3 is 0 Å². The van der Waals surface area contributed by atoms with Crippen LogP contribution in [-0.4, -0.2) is 14.3 Å². The number of hydrogen-bond acceptors (Lipinski definition) is 0. The van der Waals surface area contributed by atoms with Gasteiger partial charge in [0.2, 0.25) is 0 Å². The molecule has 0 heterocycles. The van der Waals surface area contributed by atoms with Crippen LogP contribution in [0.5, 0.6) is 0 Å². The molecule has 0 saturated carbocycles. The van der Waals surface area contributed by atoms with Gasteiger partial charge in [-0.2, -0.15) is 0 Å². The van der Waals surface area contributed by atoms with Crippen LogP contribution in [0.1, 0.15) is 5.56 Å². The minimum atomic E-state index is -0.521. The Kier molecular flexibility index (Phi) is 5.33. The molecule has 66 valence electrons. The Morgan fingerprint density at radius 2 is 1.67 bits per heavy atom. The van der Waals surface area contributed by atoms with Gasteiger partial charge in [-0.1, -0.05) is 55.2 Å². The van der Waals surface area contributed by atoms with E-state index in [2.05, 4.69) is 49.1 Å². The highest BCUT2D eigenvalue weighted by Gasteiger charge is 1.86. The SMILES string of the molecule is C[SiH](C)C=Cc1ccccc1.O. The molecule has 0 aliphatic rings. The van der Waals surface area contributed by atoms with Gasteiger partial charge in [-0.05, 0) is 5.56 Å². The van der Waals surface area contributed by atoms with E-state index >= 15 is 0 Å². The first-order valence-corrected chi connectivity index (χ1v) is 7.00. The first-order valence-electron chi connectivity index (χ1n) is 4.02. The Hall–Kier alpha value is -0.863. The van der Waals surface area contributed by atoms with Gasteiger partial charge in [-0.15, -0.1) is 0 Å². The summed E-state index contributed by atoms with van der Waals surface area (Å²) in [6.45, 7) is 4.64. The molecule has 0 atom stereocenters. The normalized spacial score (nSPS) is 10.2. The summed E-state index contributed by atoms with van der Waals surface area (Å²) in [5.41, 5.74) is 3.66. The maximum absolute atomic E-state index is 2.34. The van der Waals surface area contributed by atoms with Crippen molar-refractivity contribution in [3.63, 3.8) is 0 Å². The van der Waals surface area contributed by atoms with E-state index in [-0.39, 0.29) is 5.48 Å². The summed E-state index contributed by atoms with van der Waals surface area (Å²) in [4.78, 5) is 0. The van der Waals surface area contributed by atoms with Gasteiger partial charge in [-0.25, -0.2) is 0 Å². The Bertz CT molecular complexity index is 229. The molecule has 0 fully saturated rings. The highest BCUT2D eigenvalue weighted by molar-refractivity contribution is 6.62. The van der Waals surface area contributed by atoms with E-state index < -0.39 is 8.80 Å². The van der Waals surface area contributed by atoms with Crippen molar-refractivity contribution >= 4 is 14.9 Å². The standard InChI is InChI=1S/C10H14Si.H2O/c1-11(2)9-8-10-6-4-3-5-7-10;/h3-9,11H,1-2H3;1H2. The third kappa shape index (κ3) is 4.11. The third-order valence-corrected chi connectivity index (χ3v) is 2.44. The van der Waals surface area contributed by atoms with Crippen molar-refractivity contribution in [3.8, 4) is 0 Å². The van der Waals surface area contributed by atoms with Crippen LogP contribution in [0.4, 0.5) is 0 Å². The minimum absolute atomic E-state index is 0. The molecule has 0 unspecified atom stereocenters. The molecule has 1 nitrogen and oxygen atoms in total. The number of rotatable bonds is 2. The summed E-state index contributed by atoms with van der Waals surface area (Å²) in [6.07, 6.45) is 2.22. The van der Waals surface area contributed by atoms with Crippen LogP contribution in [-0.2, 0) is 0 Å². The molecule has 0 saturated heterocycles. The summed E-state index contributed by atoms with van der Waals surface area (Å²) >= 11 is 0. The predicted molar refractivity (Wildman–Crippen MR) is 58.0 cm³/mol. The topological polar surface area (TPSA) is 31.5 Å². The first-order chi connectivity index (χ1) is 5.29. The smallest absolute Gasteiger partial charge is 0.0554 e. The van der Waals surface area contributed by atoms with E-state index in [0.717, 1.165) is 0 Å². The maximum Gasteiger partial charge on any atom is 0.0554 e. The van der Waals surface area contributed by atoms with Gasteiger partial charge in [0.1, 0.15) is 0 Å². The molecule has 0 radical (unpaired) electrons. The average molecular weight is 180 g/mol. The molecule has 12 heavy (non-hydrogen) atoms. The minimum Gasteiger partial charge on any atom is -0.412 e. The van der Waals surface area contributed by atoms with Crippen LogP contribution in [0.3, 0.4) is 0 Å². The van der Waals surface area contributed by atoms with E-state index in [1.165, 1.54) is 5.56 Å². The molecule has 0 amide bonds. The predicted octanol–water partition coefficient (Wildman–Crippen LogP) is 1.90. The van der Waals surface area contributed by atoms with Crippen LogP contribution < -0.4 is 0 Å². The van der Waals surface area contributed by atoms with Crippen molar-refractivity contribution in [1.82, 2.24) is 0 Å². The number of benzene rings is 1. The zero-order chi connectivity index (χ0) is 8.10. The molecule has 1 rings (SSSR count). The van der Waals surface area contributed by atoms with Crippen molar-refractivity contribution in [2.75, 3.05) is 0 Å². The molecule has 1 aromatic carbocycles. The van der Waals surface area contributed by atoms with E-state index in [0.29, 0.717) is 0 Å². The highest BCUT2D eigenvalue weighted by Crippen LogP contribution is 2.01. The van der Waals surface area contributed by atoms with Gasteiger partial charge in [0.25, 0.3) is 0 Å². The van der Waals surface area contributed by atoms with E-state index in [4.69, 9.17) is 0 Å². The van der Waals surface area contributed by atoms with E-state index in [1.807, 2.05) is 6.07 Å². The highest BCUT2D eigenvalue weighted by atomic mass is 28.3. The monoisotopic (exact) mass is 180 g/mol. The first kappa shape index (κ1) is 11.1. The van der Waals surface area contributed by atoms with Gasteiger partial charge in [0.15, 0.2) is 0 Å². The largest absolute Gasteiger partial charge is 0.412 e. The second-order valence-electron chi connectivity index (χ2n) is 3.01. The molecule has 0 aliphatic carbocycles. The summed E-state index contributed by atoms with van der Waals surface area (Å²) in [5.74, 6) is 0. The van der Waals surface area contributed by atoms with E-state index in [9.17, 15) is 0 Å². The summed E-state index contributed by atoms with van der Waals surface area (Å²) in [7, 11) is -0.521. The Balaban J connectivity index is 0.00000121. The molecule has 2 N–H and O–H groups in total. The summed E-state index contributed by atoms with van der Waals surface area (Å²) < 4.78 is 0. The number of hydrogen-bond donors (Lipinski definition) is 0. The van der Waals surface area contributed by atoms with Crippen molar-refractivity contribution in [3.05, 3.63) is 41.6 Å². The lowest BCUT2D eigenvalue weighted by Crippen LogP contribution is -1.91. The molecule has 2 heteroatoms. The third-order valence-electron chi connectivity index (χ3n) is 1.47. The molecule has 0 bridgehead atoms. The van der Waals surface area contributed by atoms with Gasteiger partial charge in [0, 0.05) is 0 Å². The van der Waals surface area contributed by atoms with Crippen molar-refractivity contribution < 1.29 is 5.48 Å². The van der Waals surface area contributed by atoms with E-state index in [1.54, 1.807) is 0 Å². The lowest BCUT2D eigenvalue weighted by atomic mass is 10.2. The zero-order valence-corrected chi connectivity index (χ0v) is 8.77. The Morgan fingerprint density at radius 3 is 2.17 bits per heavy atom.